The second kappa shape index (κ2) is 8.69. The summed E-state index contributed by atoms with van der Waals surface area (Å²) in [5.74, 6) is 0.920. The maximum absolute atomic E-state index is 12.7. The summed E-state index contributed by atoms with van der Waals surface area (Å²) in [5, 5.41) is 5.36. The van der Waals surface area contributed by atoms with Crippen LogP contribution in [0, 0.1) is 13.8 Å². The molecule has 3 heterocycles. The molecular formula is C21H28N6O2S. The van der Waals surface area contributed by atoms with Gasteiger partial charge in [-0.25, -0.2) is 27.8 Å². The predicted molar refractivity (Wildman–Crippen MR) is 117 cm³/mol. The Morgan fingerprint density at radius 2 is 1.83 bits per heavy atom. The Kier molecular flexibility index (Phi) is 6.01. The standard InChI is InChI=1S/C21H28N6O2S/c1-16-7-8-19(17(2)13-16)30(28,29)25-9-12-27-21-18(14-24-27)20(22-15-23-21)26-10-5-3-4-6-11-26/h7-8,13-15,25H,3-6,9-12H2,1-2H3. The van der Waals surface area contributed by atoms with Crippen LogP contribution < -0.4 is 9.62 Å². The first-order chi connectivity index (χ1) is 14.5. The van der Waals surface area contributed by atoms with Crippen LogP contribution in [0.1, 0.15) is 36.8 Å². The summed E-state index contributed by atoms with van der Waals surface area (Å²) in [6.45, 7) is 6.37. The van der Waals surface area contributed by atoms with Crippen molar-refractivity contribution in [2.45, 2.75) is 51.0 Å². The van der Waals surface area contributed by atoms with Crippen LogP contribution in [0.2, 0.25) is 0 Å². The highest BCUT2D eigenvalue weighted by Crippen LogP contribution is 2.25. The van der Waals surface area contributed by atoms with Crippen molar-refractivity contribution in [1.29, 1.82) is 0 Å². The zero-order chi connectivity index (χ0) is 21.1. The number of aryl methyl sites for hydroxylation is 2. The van der Waals surface area contributed by atoms with Gasteiger partial charge in [0.15, 0.2) is 5.65 Å². The van der Waals surface area contributed by atoms with Gasteiger partial charge in [0.1, 0.15) is 12.1 Å². The van der Waals surface area contributed by atoms with Crippen LogP contribution in [0.3, 0.4) is 0 Å². The number of sulfonamides is 1. The smallest absolute Gasteiger partial charge is 0.240 e. The van der Waals surface area contributed by atoms with Crippen molar-refractivity contribution >= 4 is 26.9 Å². The summed E-state index contributed by atoms with van der Waals surface area (Å²) in [7, 11) is -3.58. The Morgan fingerprint density at radius 3 is 2.57 bits per heavy atom. The molecule has 3 aromatic rings. The Morgan fingerprint density at radius 1 is 1.07 bits per heavy atom. The maximum Gasteiger partial charge on any atom is 0.240 e. The number of aromatic nitrogens is 4. The quantitative estimate of drug-likeness (QED) is 0.649. The maximum atomic E-state index is 12.7. The molecule has 0 spiro atoms. The highest BCUT2D eigenvalue weighted by Gasteiger charge is 2.19. The highest BCUT2D eigenvalue weighted by atomic mass is 32.2. The summed E-state index contributed by atoms with van der Waals surface area (Å²) in [5.41, 5.74) is 2.51. The second-order valence-corrected chi connectivity index (χ2v) is 9.61. The minimum atomic E-state index is -3.58. The van der Waals surface area contributed by atoms with Crippen LogP contribution in [-0.4, -0.2) is 47.8 Å². The SMILES string of the molecule is Cc1ccc(S(=O)(=O)NCCn2ncc3c(N4CCCCCC4)ncnc32)c(C)c1. The van der Waals surface area contributed by atoms with Crippen molar-refractivity contribution in [3.05, 3.63) is 41.9 Å². The van der Waals surface area contributed by atoms with Gasteiger partial charge in [0.2, 0.25) is 10.0 Å². The molecule has 1 aliphatic rings. The van der Waals surface area contributed by atoms with Gasteiger partial charge in [0.25, 0.3) is 0 Å². The number of nitrogens with zero attached hydrogens (tertiary/aromatic N) is 5. The first-order valence-corrected chi connectivity index (χ1v) is 11.9. The summed E-state index contributed by atoms with van der Waals surface area (Å²) in [6, 6.07) is 5.33. The third kappa shape index (κ3) is 4.32. The molecule has 0 atom stereocenters. The largest absolute Gasteiger partial charge is 0.356 e. The van der Waals surface area contributed by atoms with E-state index in [9.17, 15) is 8.42 Å². The number of rotatable bonds is 6. The van der Waals surface area contributed by atoms with Crippen molar-refractivity contribution in [2.24, 2.45) is 0 Å². The first-order valence-electron chi connectivity index (χ1n) is 10.4. The normalized spacial score (nSPS) is 15.5. The molecule has 1 aliphatic heterocycles. The lowest BCUT2D eigenvalue weighted by Gasteiger charge is -2.21. The molecule has 0 amide bonds. The zero-order valence-electron chi connectivity index (χ0n) is 17.5. The van der Waals surface area contributed by atoms with E-state index >= 15 is 0 Å². The lowest BCUT2D eigenvalue weighted by atomic mass is 10.2. The van der Waals surface area contributed by atoms with E-state index in [0.717, 1.165) is 41.1 Å². The van der Waals surface area contributed by atoms with Crippen molar-refractivity contribution in [2.75, 3.05) is 24.5 Å². The van der Waals surface area contributed by atoms with Gasteiger partial charge in [-0.2, -0.15) is 5.10 Å². The van der Waals surface area contributed by atoms with E-state index in [1.165, 1.54) is 25.7 Å². The van der Waals surface area contributed by atoms with Gasteiger partial charge in [-0.05, 0) is 38.3 Å². The molecule has 8 nitrogen and oxygen atoms in total. The van der Waals surface area contributed by atoms with E-state index in [4.69, 9.17) is 0 Å². The van der Waals surface area contributed by atoms with Gasteiger partial charge in [0.05, 0.1) is 23.0 Å². The lowest BCUT2D eigenvalue weighted by molar-refractivity contribution is 0.564. The average molecular weight is 429 g/mol. The van der Waals surface area contributed by atoms with E-state index in [1.54, 1.807) is 23.3 Å². The zero-order valence-corrected chi connectivity index (χ0v) is 18.3. The molecule has 0 unspecified atom stereocenters. The van der Waals surface area contributed by atoms with Crippen LogP contribution >= 0.6 is 0 Å². The minimum absolute atomic E-state index is 0.232. The Balaban J connectivity index is 1.49. The van der Waals surface area contributed by atoms with E-state index in [-0.39, 0.29) is 6.54 Å². The first kappa shape index (κ1) is 20.7. The molecule has 4 rings (SSSR count). The lowest BCUT2D eigenvalue weighted by Crippen LogP contribution is -2.28. The summed E-state index contributed by atoms with van der Waals surface area (Å²) < 4.78 is 29.8. The molecule has 1 saturated heterocycles. The van der Waals surface area contributed by atoms with Gasteiger partial charge < -0.3 is 4.90 Å². The number of hydrogen-bond donors (Lipinski definition) is 1. The average Bonchev–Trinajstić information content (AvgIpc) is 2.93. The van der Waals surface area contributed by atoms with E-state index in [1.807, 2.05) is 26.0 Å². The molecule has 0 radical (unpaired) electrons. The molecule has 0 saturated carbocycles. The van der Waals surface area contributed by atoms with Crippen LogP contribution in [0.25, 0.3) is 11.0 Å². The number of anilines is 1. The fraction of sp³-hybridized carbons (Fsp3) is 0.476. The highest BCUT2D eigenvalue weighted by molar-refractivity contribution is 7.89. The van der Waals surface area contributed by atoms with Crippen LogP contribution in [0.4, 0.5) is 5.82 Å². The molecule has 1 N–H and O–H groups in total. The molecule has 30 heavy (non-hydrogen) atoms. The molecule has 9 heteroatoms. The van der Waals surface area contributed by atoms with Crippen molar-refractivity contribution in [3.8, 4) is 0 Å². The van der Waals surface area contributed by atoms with Gasteiger partial charge in [-0.1, -0.05) is 30.5 Å². The number of hydrogen-bond acceptors (Lipinski definition) is 6. The minimum Gasteiger partial charge on any atom is -0.356 e. The van der Waals surface area contributed by atoms with E-state index in [0.29, 0.717) is 11.4 Å². The van der Waals surface area contributed by atoms with Crippen molar-refractivity contribution in [1.82, 2.24) is 24.5 Å². The van der Waals surface area contributed by atoms with Gasteiger partial charge in [-0.15, -0.1) is 0 Å². The summed E-state index contributed by atoms with van der Waals surface area (Å²) in [6.07, 6.45) is 8.20. The number of benzene rings is 1. The third-order valence-corrected chi connectivity index (χ3v) is 7.18. The molecule has 1 fully saturated rings. The fourth-order valence-electron chi connectivity index (χ4n) is 4.04. The van der Waals surface area contributed by atoms with Crippen molar-refractivity contribution < 1.29 is 8.42 Å². The van der Waals surface area contributed by atoms with Gasteiger partial charge in [-0.3, -0.25) is 0 Å². The molecule has 1 aromatic carbocycles. The molecule has 0 bridgehead atoms. The van der Waals surface area contributed by atoms with Gasteiger partial charge >= 0.3 is 0 Å². The Bertz CT molecular complexity index is 1130. The summed E-state index contributed by atoms with van der Waals surface area (Å²) in [4.78, 5) is 11.5. The Labute approximate surface area is 177 Å². The molecule has 160 valence electrons. The monoisotopic (exact) mass is 428 g/mol. The van der Waals surface area contributed by atoms with Crippen molar-refractivity contribution in [3.63, 3.8) is 0 Å². The Hall–Kier alpha value is -2.52. The molecule has 0 aliphatic carbocycles. The van der Waals surface area contributed by atoms with Crippen LogP contribution in [-0.2, 0) is 16.6 Å². The van der Waals surface area contributed by atoms with Crippen LogP contribution in [0.5, 0.6) is 0 Å². The summed E-state index contributed by atoms with van der Waals surface area (Å²) >= 11 is 0. The molecular weight excluding hydrogens is 400 g/mol. The van der Waals surface area contributed by atoms with Crippen LogP contribution in [0.15, 0.2) is 35.6 Å². The third-order valence-electron chi connectivity index (χ3n) is 5.55. The second-order valence-electron chi connectivity index (χ2n) is 7.87. The topological polar surface area (TPSA) is 93.0 Å². The van der Waals surface area contributed by atoms with Gasteiger partial charge in [0, 0.05) is 19.6 Å². The van der Waals surface area contributed by atoms with E-state index in [2.05, 4.69) is 24.7 Å². The number of fused-ring (bicyclic) bond motifs is 1. The predicted octanol–water partition coefficient (Wildman–Crippen LogP) is 2.80. The van der Waals surface area contributed by atoms with E-state index < -0.39 is 10.0 Å². The molecule has 2 aromatic heterocycles. The fourth-order valence-corrected chi connectivity index (χ4v) is 5.29. The number of nitrogens with one attached hydrogen (secondary N) is 1.